The summed E-state index contributed by atoms with van der Waals surface area (Å²) in [6.07, 6.45) is 4.41. The molecule has 1 aromatic carbocycles. The van der Waals surface area contributed by atoms with Gasteiger partial charge in [-0.05, 0) is 61.6 Å². The molecule has 0 bridgehead atoms. The van der Waals surface area contributed by atoms with Crippen molar-refractivity contribution in [2.24, 2.45) is 11.8 Å². The van der Waals surface area contributed by atoms with E-state index >= 15 is 0 Å². The van der Waals surface area contributed by atoms with E-state index in [0.717, 1.165) is 37.7 Å². The molecule has 1 saturated carbocycles. The van der Waals surface area contributed by atoms with Crippen molar-refractivity contribution in [3.05, 3.63) is 35.1 Å². The lowest BCUT2D eigenvalue weighted by Crippen LogP contribution is -2.22. The van der Waals surface area contributed by atoms with Crippen molar-refractivity contribution in [3.8, 4) is 0 Å². The summed E-state index contributed by atoms with van der Waals surface area (Å²) in [5, 5.41) is 17.8. The van der Waals surface area contributed by atoms with Crippen LogP contribution in [0.5, 0.6) is 0 Å². The van der Waals surface area contributed by atoms with E-state index in [9.17, 15) is 9.18 Å². The van der Waals surface area contributed by atoms with Gasteiger partial charge in [0.25, 0.3) is 0 Å². The smallest absolute Gasteiger partial charge is 0.306 e. The van der Waals surface area contributed by atoms with E-state index in [1.165, 1.54) is 0 Å². The number of aliphatic carboxylic acids is 1. The van der Waals surface area contributed by atoms with Gasteiger partial charge in [0.05, 0.1) is 5.92 Å². The van der Waals surface area contributed by atoms with Gasteiger partial charge in [-0.2, -0.15) is 0 Å². The number of carboxylic acid groups (broad SMARTS) is 1. The zero-order valence-electron chi connectivity index (χ0n) is 11.5. The molecule has 4 heteroatoms. The van der Waals surface area contributed by atoms with Crippen molar-refractivity contribution >= 4 is 5.97 Å². The number of carboxylic acids is 1. The van der Waals surface area contributed by atoms with Crippen molar-refractivity contribution < 1.29 is 19.4 Å². The summed E-state index contributed by atoms with van der Waals surface area (Å²) < 4.78 is 13.8. The van der Waals surface area contributed by atoms with Gasteiger partial charge in [-0.3, -0.25) is 4.79 Å². The molecule has 0 spiro atoms. The third-order valence-electron chi connectivity index (χ3n) is 4.22. The molecule has 1 aliphatic carbocycles. The van der Waals surface area contributed by atoms with Crippen LogP contribution in [0.2, 0.25) is 0 Å². The predicted molar refractivity (Wildman–Crippen MR) is 74.0 cm³/mol. The summed E-state index contributed by atoms with van der Waals surface area (Å²) in [5.74, 6) is -0.692. The van der Waals surface area contributed by atoms with E-state index < -0.39 is 5.97 Å². The number of hydrogen-bond donors (Lipinski definition) is 2. The first-order valence-electron chi connectivity index (χ1n) is 7.21. The normalized spacial score (nSPS) is 22.7. The molecule has 2 N–H and O–H groups in total. The Morgan fingerprint density at radius 1 is 1.25 bits per heavy atom. The fraction of sp³-hybridized carbons (Fsp3) is 0.562. The fourth-order valence-corrected chi connectivity index (χ4v) is 2.99. The summed E-state index contributed by atoms with van der Waals surface area (Å²) in [6, 6.07) is 5.20. The Bertz CT molecular complexity index is 465. The lowest BCUT2D eigenvalue weighted by molar-refractivity contribution is -0.143. The second kappa shape index (κ2) is 6.84. The molecule has 0 atom stereocenters. The minimum absolute atomic E-state index is 0.0462. The Hall–Kier alpha value is -1.42. The van der Waals surface area contributed by atoms with Crippen LogP contribution in [0.3, 0.4) is 0 Å². The SMILES string of the molecule is O=C(O)[C@H]1CC[C@H](Cc2ccc(CCO)c(F)c2)CC1. The molecule has 0 aromatic heterocycles. The molecule has 2 rings (SSSR count). The van der Waals surface area contributed by atoms with E-state index in [2.05, 4.69) is 0 Å². The second-order valence-electron chi connectivity index (χ2n) is 5.66. The second-order valence-corrected chi connectivity index (χ2v) is 5.66. The maximum atomic E-state index is 13.8. The van der Waals surface area contributed by atoms with E-state index in [4.69, 9.17) is 10.2 Å². The van der Waals surface area contributed by atoms with E-state index in [1.807, 2.05) is 6.07 Å². The first-order valence-corrected chi connectivity index (χ1v) is 7.21. The molecule has 20 heavy (non-hydrogen) atoms. The molecule has 0 amide bonds. The average molecular weight is 280 g/mol. The van der Waals surface area contributed by atoms with Gasteiger partial charge in [-0.15, -0.1) is 0 Å². The predicted octanol–water partition coefficient (Wildman–Crippen LogP) is 2.79. The first kappa shape index (κ1) is 15.0. The number of halogens is 1. The van der Waals surface area contributed by atoms with E-state index in [1.54, 1.807) is 12.1 Å². The molecule has 1 aliphatic rings. The number of hydrogen-bond acceptors (Lipinski definition) is 2. The Morgan fingerprint density at radius 3 is 2.50 bits per heavy atom. The zero-order valence-corrected chi connectivity index (χ0v) is 11.5. The summed E-state index contributed by atoms with van der Waals surface area (Å²) in [7, 11) is 0. The van der Waals surface area contributed by atoms with Crippen LogP contribution in [-0.2, 0) is 17.6 Å². The Morgan fingerprint density at radius 2 is 1.95 bits per heavy atom. The van der Waals surface area contributed by atoms with Crippen LogP contribution in [-0.4, -0.2) is 22.8 Å². The highest BCUT2D eigenvalue weighted by molar-refractivity contribution is 5.69. The maximum Gasteiger partial charge on any atom is 0.306 e. The minimum atomic E-state index is -0.692. The standard InChI is InChI=1S/C16H21FO3/c17-15-10-12(3-4-13(15)7-8-18)9-11-1-5-14(6-2-11)16(19)20/h3-4,10-11,14,18H,1-2,5-9H2,(H,19,20)/t11-,14-. The molecule has 0 radical (unpaired) electrons. The van der Waals surface area contributed by atoms with Crippen LogP contribution in [0, 0.1) is 17.7 Å². The van der Waals surface area contributed by atoms with Gasteiger partial charge in [0.15, 0.2) is 0 Å². The number of aliphatic hydroxyl groups excluding tert-OH is 1. The average Bonchev–Trinajstić information content (AvgIpc) is 2.42. The van der Waals surface area contributed by atoms with Crippen molar-refractivity contribution in [1.82, 2.24) is 0 Å². The van der Waals surface area contributed by atoms with Gasteiger partial charge in [0, 0.05) is 6.61 Å². The Labute approximate surface area is 118 Å². The molecule has 0 heterocycles. The number of rotatable bonds is 5. The van der Waals surface area contributed by atoms with Crippen molar-refractivity contribution in [3.63, 3.8) is 0 Å². The lowest BCUT2D eigenvalue weighted by Gasteiger charge is -2.26. The molecular weight excluding hydrogens is 259 g/mol. The third-order valence-corrected chi connectivity index (χ3v) is 4.22. The Balaban J connectivity index is 1.91. The molecule has 110 valence electrons. The summed E-state index contributed by atoms with van der Waals surface area (Å²) in [6.45, 7) is -0.0462. The van der Waals surface area contributed by atoms with Gasteiger partial charge < -0.3 is 10.2 Å². The molecular formula is C16H21FO3. The van der Waals surface area contributed by atoms with Gasteiger partial charge in [0.2, 0.25) is 0 Å². The van der Waals surface area contributed by atoms with Crippen molar-refractivity contribution in [2.45, 2.75) is 38.5 Å². The highest BCUT2D eigenvalue weighted by Gasteiger charge is 2.25. The van der Waals surface area contributed by atoms with Crippen LogP contribution in [0.4, 0.5) is 4.39 Å². The number of aliphatic hydroxyl groups is 1. The van der Waals surface area contributed by atoms with Gasteiger partial charge in [-0.25, -0.2) is 4.39 Å². The van der Waals surface area contributed by atoms with Gasteiger partial charge in [-0.1, -0.05) is 12.1 Å². The lowest BCUT2D eigenvalue weighted by atomic mass is 9.79. The van der Waals surface area contributed by atoms with E-state index in [0.29, 0.717) is 17.9 Å². The quantitative estimate of drug-likeness (QED) is 0.872. The van der Waals surface area contributed by atoms with Gasteiger partial charge >= 0.3 is 5.97 Å². The van der Waals surface area contributed by atoms with Crippen LogP contribution in [0.25, 0.3) is 0 Å². The van der Waals surface area contributed by atoms with Crippen LogP contribution in [0.1, 0.15) is 36.8 Å². The van der Waals surface area contributed by atoms with Crippen molar-refractivity contribution in [2.75, 3.05) is 6.61 Å². The molecule has 1 fully saturated rings. The highest BCUT2D eigenvalue weighted by atomic mass is 19.1. The topological polar surface area (TPSA) is 57.5 Å². The molecule has 3 nitrogen and oxygen atoms in total. The first-order chi connectivity index (χ1) is 9.60. The highest BCUT2D eigenvalue weighted by Crippen LogP contribution is 2.31. The monoisotopic (exact) mass is 280 g/mol. The Kier molecular flexibility index (Phi) is 5.12. The maximum absolute atomic E-state index is 13.8. The van der Waals surface area contributed by atoms with Gasteiger partial charge in [0.1, 0.15) is 5.82 Å². The molecule has 0 unspecified atom stereocenters. The number of benzene rings is 1. The largest absolute Gasteiger partial charge is 0.481 e. The van der Waals surface area contributed by atoms with E-state index in [-0.39, 0.29) is 18.3 Å². The molecule has 0 aliphatic heterocycles. The summed E-state index contributed by atoms with van der Waals surface area (Å²) in [5.41, 5.74) is 1.51. The zero-order chi connectivity index (χ0) is 14.5. The summed E-state index contributed by atoms with van der Waals surface area (Å²) >= 11 is 0. The third kappa shape index (κ3) is 3.79. The fourth-order valence-electron chi connectivity index (χ4n) is 2.99. The minimum Gasteiger partial charge on any atom is -0.481 e. The summed E-state index contributed by atoms with van der Waals surface area (Å²) in [4.78, 5) is 10.9. The van der Waals surface area contributed by atoms with Crippen LogP contribution < -0.4 is 0 Å². The van der Waals surface area contributed by atoms with Crippen molar-refractivity contribution in [1.29, 1.82) is 0 Å². The van der Waals surface area contributed by atoms with Crippen LogP contribution >= 0.6 is 0 Å². The number of carbonyl (C=O) groups is 1. The van der Waals surface area contributed by atoms with Crippen LogP contribution in [0.15, 0.2) is 18.2 Å². The molecule has 0 saturated heterocycles. The molecule has 1 aromatic rings.